The van der Waals surface area contributed by atoms with E-state index in [-0.39, 0.29) is 24.3 Å². The lowest BCUT2D eigenvalue weighted by atomic mass is 9.94. The third-order valence-electron chi connectivity index (χ3n) is 7.80. The third kappa shape index (κ3) is 5.98. The van der Waals surface area contributed by atoms with Gasteiger partial charge in [-0.3, -0.25) is 14.5 Å². The molecule has 40 heavy (non-hydrogen) atoms. The second-order valence-corrected chi connectivity index (χ2v) is 10.7. The quantitative estimate of drug-likeness (QED) is 0.274. The summed E-state index contributed by atoms with van der Waals surface area (Å²) in [7, 11) is 5.57. The van der Waals surface area contributed by atoms with Crippen LogP contribution in [0.3, 0.4) is 0 Å². The number of para-hydroxylation sites is 1. The van der Waals surface area contributed by atoms with Crippen molar-refractivity contribution in [2.75, 3.05) is 31.0 Å². The van der Waals surface area contributed by atoms with Gasteiger partial charge in [0.2, 0.25) is 11.8 Å². The molecule has 1 aliphatic carbocycles. The molecule has 1 aliphatic rings. The summed E-state index contributed by atoms with van der Waals surface area (Å²) < 4.78 is 5.51. The highest BCUT2D eigenvalue weighted by Gasteiger charge is 2.34. The summed E-state index contributed by atoms with van der Waals surface area (Å²) in [5.41, 5.74) is 4.26. The van der Waals surface area contributed by atoms with Gasteiger partial charge in [-0.05, 0) is 54.3 Å². The fraction of sp³-hybridized carbons (Fsp3) is 0.333. The van der Waals surface area contributed by atoms with E-state index in [1.54, 1.807) is 12.0 Å². The molecule has 0 spiro atoms. The third-order valence-corrected chi connectivity index (χ3v) is 7.80. The number of rotatable bonds is 9. The van der Waals surface area contributed by atoms with Crippen LogP contribution in [0.2, 0.25) is 0 Å². The van der Waals surface area contributed by atoms with Gasteiger partial charge in [-0.25, -0.2) is 0 Å². The van der Waals surface area contributed by atoms with E-state index in [9.17, 15) is 9.59 Å². The number of carbonyl (C=O) groups is 2. The topological polar surface area (TPSA) is 77.7 Å². The SMILES string of the molecule is COc1cccc(N(C(=O)Cc2c[nH]c3ccccc23)[C@@H](C(=O)NC2CCCCC2)c2ccc(N(C)C)cc2)c1. The number of benzene rings is 3. The Morgan fingerprint density at radius 3 is 2.42 bits per heavy atom. The number of hydrogen-bond donors (Lipinski definition) is 2. The molecule has 0 aliphatic heterocycles. The van der Waals surface area contributed by atoms with Gasteiger partial charge in [-0.2, -0.15) is 0 Å². The Bertz CT molecular complexity index is 1450. The average Bonchev–Trinajstić information content (AvgIpc) is 3.38. The predicted molar refractivity (Wildman–Crippen MR) is 161 cm³/mol. The van der Waals surface area contributed by atoms with Crippen molar-refractivity contribution in [1.29, 1.82) is 0 Å². The molecule has 1 fully saturated rings. The van der Waals surface area contributed by atoms with Gasteiger partial charge in [-0.15, -0.1) is 0 Å². The molecule has 5 rings (SSSR count). The first kappa shape index (κ1) is 27.3. The summed E-state index contributed by atoms with van der Waals surface area (Å²) >= 11 is 0. The Labute approximate surface area is 236 Å². The molecule has 1 aromatic heterocycles. The van der Waals surface area contributed by atoms with Crippen molar-refractivity contribution in [3.8, 4) is 5.75 Å². The Hall–Kier alpha value is -4.26. The monoisotopic (exact) mass is 538 g/mol. The van der Waals surface area contributed by atoms with Gasteiger partial charge < -0.3 is 19.9 Å². The minimum absolute atomic E-state index is 0.112. The lowest BCUT2D eigenvalue weighted by Gasteiger charge is -2.34. The molecule has 0 unspecified atom stereocenters. The van der Waals surface area contributed by atoms with Gasteiger partial charge in [0.05, 0.1) is 13.5 Å². The minimum atomic E-state index is -0.844. The van der Waals surface area contributed by atoms with Crippen molar-refractivity contribution >= 4 is 34.1 Å². The molecule has 1 heterocycles. The van der Waals surface area contributed by atoms with Gasteiger partial charge >= 0.3 is 0 Å². The van der Waals surface area contributed by atoms with Crippen LogP contribution in [0.5, 0.6) is 5.75 Å². The molecule has 2 N–H and O–H groups in total. The van der Waals surface area contributed by atoms with Crippen molar-refractivity contribution in [2.45, 2.75) is 50.6 Å². The van der Waals surface area contributed by atoms with Gasteiger partial charge in [0.25, 0.3) is 0 Å². The molecule has 0 radical (unpaired) electrons. The van der Waals surface area contributed by atoms with Gasteiger partial charge in [-0.1, -0.05) is 55.7 Å². The number of aromatic nitrogens is 1. The number of nitrogens with one attached hydrogen (secondary N) is 2. The molecule has 0 bridgehead atoms. The molecule has 1 atom stereocenters. The molecular formula is C33H38N4O3. The van der Waals surface area contributed by atoms with E-state index < -0.39 is 6.04 Å². The first-order valence-electron chi connectivity index (χ1n) is 14.0. The molecule has 7 nitrogen and oxygen atoms in total. The minimum Gasteiger partial charge on any atom is -0.497 e. The van der Waals surface area contributed by atoms with Crippen molar-refractivity contribution < 1.29 is 14.3 Å². The fourth-order valence-electron chi connectivity index (χ4n) is 5.62. The zero-order chi connectivity index (χ0) is 28.1. The highest BCUT2D eigenvalue weighted by Crippen LogP contribution is 2.33. The van der Waals surface area contributed by atoms with E-state index in [2.05, 4.69) is 10.3 Å². The number of carbonyl (C=O) groups excluding carboxylic acids is 2. The summed E-state index contributed by atoms with van der Waals surface area (Å²) in [6, 6.07) is 22.5. The van der Waals surface area contributed by atoms with Crippen LogP contribution in [0.1, 0.15) is 49.3 Å². The zero-order valence-electron chi connectivity index (χ0n) is 23.5. The van der Waals surface area contributed by atoms with Crippen LogP contribution in [-0.2, 0) is 16.0 Å². The number of hydrogen-bond acceptors (Lipinski definition) is 4. The Morgan fingerprint density at radius 2 is 1.70 bits per heavy atom. The fourth-order valence-corrected chi connectivity index (χ4v) is 5.62. The number of ether oxygens (including phenoxy) is 1. The van der Waals surface area contributed by atoms with Gasteiger partial charge in [0.15, 0.2) is 0 Å². The molecule has 0 saturated heterocycles. The van der Waals surface area contributed by atoms with E-state index >= 15 is 0 Å². The molecule has 1 saturated carbocycles. The largest absolute Gasteiger partial charge is 0.497 e. The van der Waals surface area contributed by atoms with Crippen LogP contribution in [-0.4, -0.2) is 44.0 Å². The second-order valence-electron chi connectivity index (χ2n) is 10.7. The van der Waals surface area contributed by atoms with Crippen molar-refractivity contribution in [3.63, 3.8) is 0 Å². The molecule has 2 amide bonds. The summed E-state index contributed by atoms with van der Waals surface area (Å²) in [5.74, 6) is 0.287. The van der Waals surface area contributed by atoms with Crippen LogP contribution in [0.15, 0.2) is 79.0 Å². The number of nitrogens with zero attached hydrogens (tertiary/aromatic N) is 2. The molecular weight excluding hydrogens is 500 g/mol. The summed E-state index contributed by atoms with van der Waals surface area (Å²) in [6.07, 6.45) is 7.35. The highest BCUT2D eigenvalue weighted by atomic mass is 16.5. The molecule has 4 aromatic rings. The van der Waals surface area contributed by atoms with Gasteiger partial charge in [0.1, 0.15) is 11.8 Å². The molecule has 3 aromatic carbocycles. The van der Waals surface area contributed by atoms with E-state index in [1.807, 2.05) is 98.0 Å². The summed E-state index contributed by atoms with van der Waals surface area (Å²) in [4.78, 5) is 35.4. The maximum Gasteiger partial charge on any atom is 0.248 e. The van der Waals surface area contributed by atoms with Crippen molar-refractivity contribution in [2.24, 2.45) is 0 Å². The lowest BCUT2D eigenvalue weighted by molar-refractivity contribution is -0.127. The molecule has 208 valence electrons. The molecule has 7 heteroatoms. The number of fused-ring (bicyclic) bond motifs is 1. The number of aromatic amines is 1. The second kappa shape index (κ2) is 12.3. The van der Waals surface area contributed by atoms with Crippen LogP contribution < -0.4 is 19.9 Å². The van der Waals surface area contributed by atoms with E-state index in [0.29, 0.717) is 11.4 Å². The van der Waals surface area contributed by atoms with Crippen LogP contribution in [0, 0.1) is 0 Å². The number of anilines is 2. The maximum atomic E-state index is 14.3. The first-order chi connectivity index (χ1) is 19.4. The van der Waals surface area contributed by atoms with Crippen LogP contribution in [0.4, 0.5) is 11.4 Å². The first-order valence-corrected chi connectivity index (χ1v) is 14.0. The normalized spacial score (nSPS) is 14.5. The van der Waals surface area contributed by atoms with Crippen LogP contribution in [0.25, 0.3) is 10.9 Å². The Balaban J connectivity index is 1.58. The van der Waals surface area contributed by atoms with Crippen molar-refractivity contribution in [1.82, 2.24) is 10.3 Å². The lowest BCUT2D eigenvalue weighted by Crippen LogP contribution is -2.47. The summed E-state index contributed by atoms with van der Waals surface area (Å²) in [5, 5.41) is 4.30. The Morgan fingerprint density at radius 1 is 0.950 bits per heavy atom. The van der Waals surface area contributed by atoms with E-state index in [4.69, 9.17) is 4.74 Å². The smallest absolute Gasteiger partial charge is 0.248 e. The number of amides is 2. The standard InChI is InChI=1S/C33H38N4O3/c1-36(2)26-18-16-23(17-19-26)32(33(39)35-25-10-5-4-6-11-25)37(27-12-9-13-28(21-27)40-3)31(38)20-24-22-34-30-15-8-7-14-29(24)30/h7-9,12-19,21-22,25,32,34H,4-6,10-11,20H2,1-3H3,(H,35,39)/t32-/m1/s1. The number of H-pyrrole nitrogens is 1. The van der Waals surface area contributed by atoms with Gasteiger partial charge in [0, 0.05) is 54.7 Å². The zero-order valence-corrected chi connectivity index (χ0v) is 23.5. The highest BCUT2D eigenvalue weighted by molar-refractivity contribution is 6.03. The average molecular weight is 539 g/mol. The van der Waals surface area contributed by atoms with Crippen LogP contribution >= 0.6 is 0 Å². The summed E-state index contributed by atoms with van der Waals surface area (Å²) in [6.45, 7) is 0. The number of methoxy groups -OCH3 is 1. The Kier molecular flexibility index (Phi) is 8.39. The predicted octanol–water partition coefficient (Wildman–Crippen LogP) is 6.01. The van der Waals surface area contributed by atoms with E-state index in [1.165, 1.54) is 6.42 Å². The van der Waals surface area contributed by atoms with E-state index in [0.717, 1.165) is 53.4 Å². The maximum absolute atomic E-state index is 14.3. The van der Waals surface area contributed by atoms with Crippen molar-refractivity contribution in [3.05, 3.63) is 90.1 Å².